The number of allylic oxidation sites excluding steroid dienone is 26. The summed E-state index contributed by atoms with van der Waals surface area (Å²) in [6.45, 7) is 6.34. The Hall–Kier alpha value is -4.97. The molecule has 0 bridgehead atoms. The summed E-state index contributed by atoms with van der Waals surface area (Å²) in [6.07, 6.45) is 97.0. The number of hydrogen-bond donors (Lipinski definition) is 0. The summed E-state index contributed by atoms with van der Waals surface area (Å²) in [5.41, 5.74) is 0. The first-order chi connectivity index (χ1) is 39.5. The second-order valence-electron chi connectivity index (χ2n) is 20.9. The maximum absolute atomic E-state index is 12.9. The first-order valence-electron chi connectivity index (χ1n) is 32.5. The third kappa shape index (κ3) is 63.9. The zero-order valence-electron chi connectivity index (χ0n) is 51.5. The highest BCUT2D eigenvalue weighted by Gasteiger charge is 2.19. The standard InChI is InChI=1S/C74H118O6/c1-4-7-10-13-16-19-21-23-25-27-29-31-32-33-34-35-36-37-38-39-40-41-42-44-45-47-49-51-53-55-58-61-64-67-73(76)79-70-71(69-78-72(75)66-63-60-57-18-15-12-9-6-3)80-74(77)68-65-62-59-56-54-52-50-48-46-43-30-28-26-24-22-20-17-14-11-8-5-2/h7-8,10-11,16-17,19-20,23-26,29-31,33-34,36-37,39-40,43,48,50,54,56,71H,4-6,9,12-15,18,21-22,27-28,32,35,38,41-42,44-47,49,51-53,55,57-70H2,1-3H3/b10-7-,11-8-,19-16-,20-17-,25-23-,26-24-,31-29-,34-33-,37-36-,40-39-,43-30-,50-48-,56-54-. The first-order valence-corrected chi connectivity index (χ1v) is 32.5. The van der Waals surface area contributed by atoms with E-state index in [0.29, 0.717) is 19.3 Å². The van der Waals surface area contributed by atoms with Crippen molar-refractivity contribution in [3.63, 3.8) is 0 Å². The number of hydrogen-bond acceptors (Lipinski definition) is 6. The van der Waals surface area contributed by atoms with Crippen molar-refractivity contribution in [2.24, 2.45) is 0 Å². The second-order valence-corrected chi connectivity index (χ2v) is 20.9. The molecule has 1 atom stereocenters. The van der Waals surface area contributed by atoms with Crippen LogP contribution in [0.3, 0.4) is 0 Å². The Morgan fingerprint density at radius 1 is 0.263 bits per heavy atom. The lowest BCUT2D eigenvalue weighted by atomic mass is 10.0. The van der Waals surface area contributed by atoms with Crippen molar-refractivity contribution in [2.45, 2.75) is 277 Å². The minimum atomic E-state index is -0.807. The number of rotatable bonds is 57. The van der Waals surface area contributed by atoms with E-state index in [0.717, 1.165) is 135 Å². The summed E-state index contributed by atoms with van der Waals surface area (Å²) in [5.74, 6) is -0.954. The van der Waals surface area contributed by atoms with Crippen molar-refractivity contribution in [2.75, 3.05) is 13.2 Å². The van der Waals surface area contributed by atoms with Gasteiger partial charge in [0, 0.05) is 19.3 Å². The molecular formula is C74H118O6. The lowest BCUT2D eigenvalue weighted by Crippen LogP contribution is -2.30. The first kappa shape index (κ1) is 75.0. The van der Waals surface area contributed by atoms with Gasteiger partial charge in [0.1, 0.15) is 13.2 Å². The van der Waals surface area contributed by atoms with E-state index in [1.54, 1.807) is 0 Å². The molecule has 0 aliphatic rings. The number of esters is 3. The maximum atomic E-state index is 12.9. The quantitative estimate of drug-likeness (QED) is 0.0261. The largest absolute Gasteiger partial charge is 0.462 e. The summed E-state index contributed by atoms with van der Waals surface area (Å²) in [6, 6.07) is 0. The van der Waals surface area contributed by atoms with Gasteiger partial charge in [-0.3, -0.25) is 14.4 Å². The van der Waals surface area contributed by atoms with Crippen LogP contribution in [-0.2, 0) is 28.6 Å². The average Bonchev–Trinajstić information content (AvgIpc) is 3.46. The SMILES string of the molecule is CC/C=C\C/C=C\C/C=C\C/C=C\C/C=C\C/C=C\C/C=C\CCCCCCCCCCCCCC(=O)OCC(COC(=O)CCCCCCCCCC)OC(=O)CCCC/C=C\C/C=C\C/C=C\C/C=C\C/C=C\C/C=C\CC. The molecule has 0 aliphatic heterocycles. The van der Waals surface area contributed by atoms with E-state index in [-0.39, 0.29) is 37.5 Å². The van der Waals surface area contributed by atoms with Crippen LogP contribution in [0.25, 0.3) is 0 Å². The van der Waals surface area contributed by atoms with Crippen molar-refractivity contribution in [3.05, 3.63) is 158 Å². The minimum Gasteiger partial charge on any atom is -0.462 e. The molecule has 0 aromatic carbocycles. The van der Waals surface area contributed by atoms with Gasteiger partial charge in [-0.15, -0.1) is 0 Å². The van der Waals surface area contributed by atoms with Crippen LogP contribution in [0.2, 0.25) is 0 Å². The van der Waals surface area contributed by atoms with Gasteiger partial charge in [0.2, 0.25) is 0 Å². The highest BCUT2D eigenvalue weighted by Crippen LogP contribution is 2.15. The zero-order chi connectivity index (χ0) is 57.8. The third-order valence-electron chi connectivity index (χ3n) is 13.3. The van der Waals surface area contributed by atoms with Gasteiger partial charge in [0.15, 0.2) is 6.10 Å². The highest BCUT2D eigenvalue weighted by molar-refractivity contribution is 5.71. The van der Waals surface area contributed by atoms with Crippen LogP contribution in [0, 0.1) is 0 Å². The highest BCUT2D eigenvalue weighted by atomic mass is 16.6. The molecule has 0 radical (unpaired) electrons. The van der Waals surface area contributed by atoms with Crippen LogP contribution in [0.1, 0.15) is 271 Å². The minimum absolute atomic E-state index is 0.100. The summed E-state index contributed by atoms with van der Waals surface area (Å²) in [4.78, 5) is 38.1. The van der Waals surface area contributed by atoms with E-state index in [1.165, 1.54) is 89.9 Å². The third-order valence-corrected chi connectivity index (χ3v) is 13.3. The van der Waals surface area contributed by atoms with Gasteiger partial charge in [0.25, 0.3) is 0 Å². The topological polar surface area (TPSA) is 78.9 Å². The monoisotopic (exact) mass is 1100 g/mol. The van der Waals surface area contributed by atoms with E-state index >= 15 is 0 Å². The van der Waals surface area contributed by atoms with Crippen molar-refractivity contribution >= 4 is 17.9 Å². The molecule has 6 nitrogen and oxygen atoms in total. The van der Waals surface area contributed by atoms with Gasteiger partial charge < -0.3 is 14.2 Å². The Morgan fingerprint density at radius 2 is 0.487 bits per heavy atom. The predicted octanol–water partition coefficient (Wildman–Crippen LogP) is 22.5. The molecule has 0 N–H and O–H groups in total. The van der Waals surface area contributed by atoms with E-state index in [4.69, 9.17) is 14.2 Å². The second kappa shape index (κ2) is 66.5. The molecule has 0 saturated heterocycles. The van der Waals surface area contributed by atoms with Crippen LogP contribution >= 0.6 is 0 Å². The van der Waals surface area contributed by atoms with E-state index in [1.807, 2.05) is 0 Å². The lowest BCUT2D eigenvalue weighted by molar-refractivity contribution is -0.167. The molecular weight excluding hydrogens is 985 g/mol. The van der Waals surface area contributed by atoms with Gasteiger partial charge in [0.05, 0.1) is 0 Å². The van der Waals surface area contributed by atoms with Gasteiger partial charge >= 0.3 is 17.9 Å². The summed E-state index contributed by atoms with van der Waals surface area (Å²) in [5, 5.41) is 0. The molecule has 0 saturated carbocycles. The number of unbranched alkanes of at least 4 members (excludes halogenated alkanes) is 20. The maximum Gasteiger partial charge on any atom is 0.306 e. The average molecular weight is 1100 g/mol. The Morgan fingerprint density at radius 3 is 0.787 bits per heavy atom. The Labute approximate surface area is 492 Å². The Bertz CT molecular complexity index is 1790. The predicted molar refractivity (Wildman–Crippen MR) is 348 cm³/mol. The van der Waals surface area contributed by atoms with E-state index in [2.05, 4.69) is 179 Å². The summed E-state index contributed by atoms with van der Waals surface area (Å²) < 4.78 is 16.8. The fourth-order valence-electron chi connectivity index (χ4n) is 8.48. The lowest BCUT2D eigenvalue weighted by Gasteiger charge is -2.18. The Kier molecular flexibility index (Phi) is 62.4. The number of ether oxygens (including phenoxy) is 3. The van der Waals surface area contributed by atoms with Crippen molar-refractivity contribution < 1.29 is 28.6 Å². The van der Waals surface area contributed by atoms with Crippen molar-refractivity contribution in [3.8, 4) is 0 Å². The fourth-order valence-corrected chi connectivity index (χ4v) is 8.48. The molecule has 0 fully saturated rings. The van der Waals surface area contributed by atoms with E-state index < -0.39 is 6.10 Å². The molecule has 80 heavy (non-hydrogen) atoms. The molecule has 0 amide bonds. The normalized spacial score (nSPS) is 13.2. The molecule has 0 spiro atoms. The molecule has 0 aromatic rings. The van der Waals surface area contributed by atoms with Crippen molar-refractivity contribution in [1.29, 1.82) is 0 Å². The van der Waals surface area contributed by atoms with Gasteiger partial charge in [-0.2, -0.15) is 0 Å². The summed E-state index contributed by atoms with van der Waals surface area (Å²) in [7, 11) is 0. The Balaban J connectivity index is 4.23. The number of carbonyl (C=O) groups is 3. The molecule has 0 aromatic heterocycles. The van der Waals surface area contributed by atoms with Crippen LogP contribution in [0.5, 0.6) is 0 Å². The van der Waals surface area contributed by atoms with Crippen LogP contribution in [0.4, 0.5) is 0 Å². The molecule has 450 valence electrons. The van der Waals surface area contributed by atoms with Gasteiger partial charge in [-0.1, -0.05) is 281 Å². The van der Waals surface area contributed by atoms with Crippen LogP contribution in [-0.4, -0.2) is 37.2 Å². The van der Waals surface area contributed by atoms with Gasteiger partial charge in [-0.25, -0.2) is 0 Å². The molecule has 6 heteroatoms. The smallest absolute Gasteiger partial charge is 0.306 e. The molecule has 0 aliphatic carbocycles. The molecule has 0 heterocycles. The van der Waals surface area contributed by atoms with E-state index in [9.17, 15) is 14.4 Å². The molecule has 0 rings (SSSR count). The van der Waals surface area contributed by atoms with Gasteiger partial charge in [-0.05, 0) is 128 Å². The van der Waals surface area contributed by atoms with Crippen LogP contribution in [0.15, 0.2) is 158 Å². The fraction of sp³-hybridized carbons (Fsp3) is 0.608. The molecule has 1 unspecified atom stereocenters. The summed E-state index contributed by atoms with van der Waals surface area (Å²) >= 11 is 0. The number of carbonyl (C=O) groups excluding carboxylic acids is 3. The zero-order valence-corrected chi connectivity index (χ0v) is 51.5. The van der Waals surface area contributed by atoms with Crippen LogP contribution < -0.4 is 0 Å². The van der Waals surface area contributed by atoms with Crippen molar-refractivity contribution in [1.82, 2.24) is 0 Å².